The summed E-state index contributed by atoms with van der Waals surface area (Å²) in [6.45, 7) is 13.8. The summed E-state index contributed by atoms with van der Waals surface area (Å²) >= 11 is 0. The van der Waals surface area contributed by atoms with E-state index in [1.807, 2.05) is 0 Å². The standard InChI is InChI=1S/C30H54O3/c1-7-9-11-13-18-29(5,6)25(20-28(3,4)17-12-10-8-2)27(31)33-26-21-30(32)19-23(26)22-15-14-16-24(22)30/h22-26,32H,7-21H2,1-6H3. The largest absolute Gasteiger partial charge is 0.462 e. The predicted molar refractivity (Wildman–Crippen MR) is 137 cm³/mol. The molecule has 0 aromatic rings. The van der Waals surface area contributed by atoms with Gasteiger partial charge in [0.05, 0.1) is 11.5 Å². The number of carbonyl (C=O) groups is 1. The first kappa shape index (κ1) is 27.0. The molecule has 0 aromatic heterocycles. The fraction of sp³-hybridized carbons (Fsp3) is 0.967. The molecule has 33 heavy (non-hydrogen) atoms. The molecule has 3 saturated carbocycles. The third-order valence-corrected chi connectivity index (χ3v) is 9.81. The molecule has 3 aliphatic carbocycles. The molecule has 0 aromatic carbocycles. The number of hydrogen-bond acceptors (Lipinski definition) is 3. The molecular weight excluding hydrogens is 408 g/mol. The first-order valence-corrected chi connectivity index (χ1v) is 14.5. The summed E-state index contributed by atoms with van der Waals surface area (Å²) in [5.41, 5.74) is -0.485. The number of unbranched alkanes of at least 4 members (excludes halogenated alkanes) is 5. The lowest BCUT2D eigenvalue weighted by Gasteiger charge is -2.40. The molecule has 3 fully saturated rings. The fourth-order valence-electron chi connectivity index (χ4n) is 7.75. The van der Waals surface area contributed by atoms with Gasteiger partial charge in [0.1, 0.15) is 6.10 Å². The first-order chi connectivity index (χ1) is 15.5. The summed E-state index contributed by atoms with van der Waals surface area (Å²) in [6.07, 6.45) is 16.9. The number of fused-ring (bicyclic) bond motifs is 5. The van der Waals surface area contributed by atoms with Crippen molar-refractivity contribution in [3.63, 3.8) is 0 Å². The van der Waals surface area contributed by atoms with Gasteiger partial charge < -0.3 is 9.84 Å². The van der Waals surface area contributed by atoms with Gasteiger partial charge in [0.15, 0.2) is 0 Å². The van der Waals surface area contributed by atoms with E-state index in [9.17, 15) is 9.90 Å². The van der Waals surface area contributed by atoms with Gasteiger partial charge in [0.25, 0.3) is 0 Å². The number of carbonyl (C=O) groups excluding carboxylic acids is 1. The minimum atomic E-state index is -0.568. The Hall–Kier alpha value is -0.570. The number of hydrogen-bond donors (Lipinski definition) is 1. The van der Waals surface area contributed by atoms with Crippen molar-refractivity contribution >= 4 is 5.97 Å². The average molecular weight is 463 g/mol. The lowest BCUT2D eigenvalue weighted by Crippen LogP contribution is -2.43. The maximum Gasteiger partial charge on any atom is 0.309 e. The normalized spacial score (nSPS) is 32.2. The van der Waals surface area contributed by atoms with E-state index in [1.54, 1.807) is 0 Å². The van der Waals surface area contributed by atoms with Gasteiger partial charge in [-0.25, -0.2) is 0 Å². The van der Waals surface area contributed by atoms with Crippen LogP contribution < -0.4 is 0 Å². The van der Waals surface area contributed by atoms with Gasteiger partial charge in [0.2, 0.25) is 0 Å². The van der Waals surface area contributed by atoms with Crippen LogP contribution in [0.5, 0.6) is 0 Å². The first-order valence-electron chi connectivity index (χ1n) is 14.5. The summed E-state index contributed by atoms with van der Waals surface area (Å²) in [7, 11) is 0. The fourth-order valence-corrected chi connectivity index (χ4v) is 7.75. The summed E-state index contributed by atoms with van der Waals surface area (Å²) in [5.74, 6) is 1.38. The zero-order chi connectivity index (χ0) is 24.3. The van der Waals surface area contributed by atoms with Gasteiger partial charge in [-0.05, 0) is 61.2 Å². The molecule has 6 atom stereocenters. The van der Waals surface area contributed by atoms with E-state index in [0.29, 0.717) is 24.2 Å². The Morgan fingerprint density at radius 2 is 1.61 bits per heavy atom. The molecule has 3 aliphatic rings. The van der Waals surface area contributed by atoms with Crippen molar-refractivity contribution in [3.8, 4) is 0 Å². The molecule has 0 amide bonds. The van der Waals surface area contributed by atoms with Crippen LogP contribution in [0.15, 0.2) is 0 Å². The highest BCUT2D eigenvalue weighted by Crippen LogP contribution is 2.61. The van der Waals surface area contributed by atoms with Crippen LogP contribution in [0.4, 0.5) is 0 Å². The third-order valence-electron chi connectivity index (χ3n) is 9.81. The Morgan fingerprint density at radius 3 is 2.30 bits per heavy atom. The maximum atomic E-state index is 13.8. The van der Waals surface area contributed by atoms with E-state index >= 15 is 0 Å². The molecule has 1 N–H and O–H groups in total. The van der Waals surface area contributed by atoms with Crippen LogP contribution in [0, 0.1) is 34.5 Å². The summed E-state index contributed by atoms with van der Waals surface area (Å²) in [6, 6.07) is 0. The maximum absolute atomic E-state index is 13.8. The van der Waals surface area contributed by atoms with Gasteiger partial charge in [-0.15, -0.1) is 0 Å². The lowest BCUT2D eigenvalue weighted by atomic mass is 9.67. The highest BCUT2D eigenvalue weighted by molar-refractivity contribution is 5.73. The summed E-state index contributed by atoms with van der Waals surface area (Å²) in [5, 5.41) is 11.3. The van der Waals surface area contributed by atoms with Crippen LogP contribution in [-0.4, -0.2) is 22.8 Å². The van der Waals surface area contributed by atoms with Crippen molar-refractivity contribution in [1.82, 2.24) is 0 Å². The van der Waals surface area contributed by atoms with Gasteiger partial charge in [0, 0.05) is 12.3 Å². The zero-order valence-electron chi connectivity index (χ0n) is 22.8. The van der Waals surface area contributed by atoms with E-state index in [-0.39, 0.29) is 28.8 Å². The van der Waals surface area contributed by atoms with Crippen molar-refractivity contribution < 1.29 is 14.6 Å². The Bertz CT molecular complexity index is 638. The van der Waals surface area contributed by atoms with Crippen molar-refractivity contribution in [2.45, 2.75) is 150 Å². The molecule has 192 valence electrons. The monoisotopic (exact) mass is 462 g/mol. The minimum absolute atomic E-state index is 0.0229. The SMILES string of the molecule is CCCCCCC(C)(C)C(CC(C)(C)CCCCC)C(=O)OC1CC2(O)CC1C1CCCC12. The van der Waals surface area contributed by atoms with Crippen LogP contribution in [0.25, 0.3) is 0 Å². The lowest BCUT2D eigenvalue weighted by molar-refractivity contribution is -0.166. The number of ether oxygens (including phenoxy) is 1. The van der Waals surface area contributed by atoms with Crippen molar-refractivity contribution in [2.24, 2.45) is 34.5 Å². The second kappa shape index (κ2) is 11.0. The zero-order valence-corrected chi connectivity index (χ0v) is 22.8. The number of esters is 1. The molecule has 6 unspecified atom stereocenters. The second-order valence-corrected chi connectivity index (χ2v) is 13.5. The summed E-state index contributed by atoms with van der Waals surface area (Å²) in [4.78, 5) is 13.8. The molecule has 3 heteroatoms. The van der Waals surface area contributed by atoms with E-state index in [2.05, 4.69) is 41.5 Å². The minimum Gasteiger partial charge on any atom is -0.462 e. The van der Waals surface area contributed by atoms with Crippen LogP contribution in [0.3, 0.4) is 0 Å². The Labute approximate surface area is 204 Å². The van der Waals surface area contributed by atoms with E-state index in [1.165, 1.54) is 64.2 Å². The predicted octanol–water partition coefficient (Wildman–Crippen LogP) is 8.08. The van der Waals surface area contributed by atoms with Crippen LogP contribution in [0.2, 0.25) is 0 Å². The van der Waals surface area contributed by atoms with E-state index < -0.39 is 5.60 Å². The van der Waals surface area contributed by atoms with Gasteiger partial charge in [-0.1, -0.05) is 92.9 Å². The van der Waals surface area contributed by atoms with Gasteiger partial charge >= 0.3 is 5.97 Å². The average Bonchev–Trinajstić information content (AvgIpc) is 3.41. The van der Waals surface area contributed by atoms with Crippen molar-refractivity contribution in [3.05, 3.63) is 0 Å². The molecule has 0 radical (unpaired) electrons. The van der Waals surface area contributed by atoms with E-state index in [0.717, 1.165) is 25.7 Å². The quantitative estimate of drug-likeness (QED) is 0.210. The third kappa shape index (κ3) is 6.36. The van der Waals surface area contributed by atoms with Crippen LogP contribution in [0.1, 0.15) is 138 Å². The molecule has 0 saturated heterocycles. The molecule has 0 heterocycles. The highest BCUT2D eigenvalue weighted by Gasteiger charge is 2.63. The molecule has 0 aliphatic heterocycles. The number of rotatable bonds is 14. The van der Waals surface area contributed by atoms with E-state index in [4.69, 9.17) is 4.74 Å². The number of aliphatic hydroxyl groups is 1. The topological polar surface area (TPSA) is 46.5 Å². The van der Waals surface area contributed by atoms with Crippen molar-refractivity contribution in [2.75, 3.05) is 0 Å². The van der Waals surface area contributed by atoms with Crippen molar-refractivity contribution in [1.29, 1.82) is 0 Å². The Balaban J connectivity index is 1.69. The Kier molecular flexibility index (Phi) is 9.01. The second-order valence-electron chi connectivity index (χ2n) is 13.5. The summed E-state index contributed by atoms with van der Waals surface area (Å²) < 4.78 is 6.37. The van der Waals surface area contributed by atoms with Gasteiger partial charge in [-0.2, -0.15) is 0 Å². The smallest absolute Gasteiger partial charge is 0.309 e. The molecule has 3 rings (SSSR count). The van der Waals surface area contributed by atoms with Gasteiger partial charge in [-0.3, -0.25) is 4.79 Å². The molecular formula is C30H54O3. The Morgan fingerprint density at radius 1 is 0.939 bits per heavy atom. The molecule has 0 spiro atoms. The molecule has 2 bridgehead atoms. The van der Waals surface area contributed by atoms with Crippen LogP contribution >= 0.6 is 0 Å². The molecule has 3 nitrogen and oxygen atoms in total. The highest BCUT2D eigenvalue weighted by atomic mass is 16.5. The van der Waals surface area contributed by atoms with Crippen LogP contribution in [-0.2, 0) is 9.53 Å².